The van der Waals surface area contributed by atoms with E-state index < -0.39 is 0 Å². The Morgan fingerprint density at radius 1 is 1.08 bits per heavy atom. The normalized spacial score (nSPS) is 11.1. The number of aryl methyl sites for hydroxylation is 1. The summed E-state index contributed by atoms with van der Waals surface area (Å²) >= 11 is 0. The van der Waals surface area contributed by atoms with Gasteiger partial charge in [0.2, 0.25) is 5.91 Å². The van der Waals surface area contributed by atoms with E-state index in [2.05, 4.69) is 10.5 Å². The lowest BCUT2D eigenvalue weighted by atomic mass is 10.1. The van der Waals surface area contributed by atoms with E-state index in [9.17, 15) is 9.59 Å². The first kappa shape index (κ1) is 15.1. The van der Waals surface area contributed by atoms with Crippen molar-refractivity contribution in [2.45, 2.75) is 13.5 Å². The fourth-order valence-corrected chi connectivity index (χ4v) is 3.00. The third-order valence-electron chi connectivity index (χ3n) is 4.08. The molecule has 1 amide bonds. The Labute approximate surface area is 142 Å². The van der Waals surface area contributed by atoms with Crippen molar-refractivity contribution in [2.75, 3.05) is 5.32 Å². The zero-order valence-corrected chi connectivity index (χ0v) is 13.5. The molecule has 0 unspecified atom stereocenters. The lowest BCUT2D eigenvalue weighted by Crippen LogP contribution is -2.21. The summed E-state index contributed by atoms with van der Waals surface area (Å²) in [5, 5.41) is 7.66. The van der Waals surface area contributed by atoms with E-state index in [1.165, 1.54) is 0 Å². The van der Waals surface area contributed by atoms with Crippen molar-refractivity contribution in [2.24, 2.45) is 0 Å². The van der Waals surface area contributed by atoms with Gasteiger partial charge in [0.1, 0.15) is 12.3 Å². The van der Waals surface area contributed by atoms with Crippen LogP contribution in [0.2, 0.25) is 0 Å². The van der Waals surface area contributed by atoms with Gasteiger partial charge in [0.25, 0.3) is 0 Å². The smallest absolute Gasteiger partial charge is 0.245 e. The Morgan fingerprint density at radius 3 is 2.24 bits per heavy atom. The number of para-hydroxylation sites is 2. The van der Waals surface area contributed by atoms with E-state index in [1.54, 1.807) is 25.1 Å². The highest BCUT2D eigenvalue weighted by Gasteiger charge is 2.13. The number of benzene rings is 2. The molecule has 0 atom stereocenters. The zero-order chi connectivity index (χ0) is 17.4. The van der Waals surface area contributed by atoms with Crippen LogP contribution in [-0.2, 0) is 11.3 Å². The maximum atomic E-state index is 12.7. The standard InChI is InChI=1S/C19H15N3O3/c1-12-10-17(21-25-12)20-18(23)11-22-15-8-4-2-6-13(15)19(24)14-7-3-5-9-16(14)22/h2-10H,11H2,1H3,(H,20,21,23). The second-order valence-corrected chi connectivity index (χ2v) is 5.82. The van der Waals surface area contributed by atoms with E-state index in [4.69, 9.17) is 4.52 Å². The first-order chi connectivity index (χ1) is 12.1. The van der Waals surface area contributed by atoms with Gasteiger partial charge < -0.3 is 14.4 Å². The molecule has 0 bridgehead atoms. The van der Waals surface area contributed by atoms with Gasteiger partial charge in [-0.15, -0.1) is 0 Å². The van der Waals surface area contributed by atoms with E-state index >= 15 is 0 Å². The molecule has 0 fully saturated rings. The molecule has 124 valence electrons. The summed E-state index contributed by atoms with van der Waals surface area (Å²) in [6.45, 7) is 1.82. The number of pyridine rings is 1. The first-order valence-electron chi connectivity index (χ1n) is 7.87. The van der Waals surface area contributed by atoms with Crippen LogP contribution in [0, 0.1) is 6.92 Å². The maximum Gasteiger partial charge on any atom is 0.245 e. The summed E-state index contributed by atoms with van der Waals surface area (Å²) in [7, 11) is 0. The molecule has 2 aromatic heterocycles. The van der Waals surface area contributed by atoms with Crippen LogP contribution in [0.5, 0.6) is 0 Å². The molecular weight excluding hydrogens is 318 g/mol. The van der Waals surface area contributed by atoms with Crippen LogP contribution < -0.4 is 10.7 Å². The number of fused-ring (bicyclic) bond motifs is 2. The molecule has 0 spiro atoms. The lowest BCUT2D eigenvalue weighted by molar-refractivity contribution is -0.116. The molecule has 4 rings (SSSR count). The van der Waals surface area contributed by atoms with Gasteiger partial charge in [-0.05, 0) is 31.2 Å². The Morgan fingerprint density at radius 2 is 1.68 bits per heavy atom. The number of nitrogens with one attached hydrogen (secondary N) is 1. The largest absolute Gasteiger partial charge is 0.360 e. The lowest BCUT2D eigenvalue weighted by Gasteiger charge is -2.14. The van der Waals surface area contributed by atoms with Gasteiger partial charge in [0.15, 0.2) is 11.2 Å². The quantitative estimate of drug-likeness (QED) is 0.585. The Bertz CT molecular complexity index is 1100. The molecule has 0 aliphatic heterocycles. The summed E-state index contributed by atoms with van der Waals surface area (Å²) in [5.41, 5.74) is 1.41. The number of rotatable bonds is 3. The zero-order valence-electron chi connectivity index (χ0n) is 13.5. The minimum Gasteiger partial charge on any atom is -0.360 e. The Hall–Kier alpha value is -3.41. The topological polar surface area (TPSA) is 77.1 Å². The second-order valence-electron chi connectivity index (χ2n) is 5.82. The third-order valence-corrected chi connectivity index (χ3v) is 4.08. The fraction of sp³-hybridized carbons (Fsp3) is 0.105. The maximum absolute atomic E-state index is 12.7. The van der Waals surface area contributed by atoms with Gasteiger partial charge in [-0.1, -0.05) is 29.4 Å². The minimum atomic E-state index is -0.243. The molecule has 0 aliphatic rings. The molecule has 0 radical (unpaired) electrons. The molecule has 6 heteroatoms. The van der Waals surface area contributed by atoms with Crippen molar-refractivity contribution in [3.05, 3.63) is 70.6 Å². The van der Waals surface area contributed by atoms with E-state index in [-0.39, 0.29) is 17.9 Å². The molecule has 0 aliphatic carbocycles. The van der Waals surface area contributed by atoms with Crippen molar-refractivity contribution in [3.8, 4) is 0 Å². The summed E-state index contributed by atoms with van der Waals surface area (Å²) in [4.78, 5) is 25.2. The van der Waals surface area contributed by atoms with Crippen molar-refractivity contribution in [1.29, 1.82) is 0 Å². The number of aromatic nitrogens is 2. The molecule has 1 N–H and O–H groups in total. The number of nitrogens with zero attached hydrogens (tertiary/aromatic N) is 2. The van der Waals surface area contributed by atoms with Crippen LogP contribution in [-0.4, -0.2) is 15.6 Å². The van der Waals surface area contributed by atoms with Gasteiger partial charge in [-0.3, -0.25) is 9.59 Å². The number of carbonyl (C=O) groups is 1. The van der Waals surface area contributed by atoms with Crippen molar-refractivity contribution in [1.82, 2.24) is 9.72 Å². The van der Waals surface area contributed by atoms with Crippen molar-refractivity contribution in [3.63, 3.8) is 0 Å². The van der Waals surface area contributed by atoms with Crippen molar-refractivity contribution >= 4 is 33.5 Å². The monoisotopic (exact) mass is 333 g/mol. The van der Waals surface area contributed by atoms with Gasteiger partial charge >= 0.3 is 0 Å². The van der Waals surface area contributed by atoms with Gasteiger partial charge in [-0.2, -0.15) is 0 Å². The van der Waals surface area contributed by atoms with Crippen LogP contribution in [0.4, 0.5) is 5.82 Å². The number of amides is 1. The molecule has 2 aromatic carbocycles. The molecular formula is C19H15N3O3. The first-order valence-corrected chi connectivity index (χ1v) is 7.87. The molecule has 0 saturated heterocycles. The average Bonchev–Trinajstić information content (AvgIpc) is 3.03. The summed E-state index contributed by atoms with van der Waals surface area (Å²) in [5.74, 6) is 0.749. The minimum absolute atomic E-state index is 0.0324. The molecule has 2 heterocycles. The number of anilines is 1. The van der Waals surface area contributed by atoms with E-state index in [1.807, 2.05) is 41.0 Å². The van der Waals surface area contributed by atoms with E-state index in [0.717, 1.165) is 11.0 Å². The highest BCUT2D eigenvalue weighted by molar-refractivity contribution is 5.96. The number of carbonyl (C=O) groups excluding carboxylic acids is 1. The van der Waals surface area contributed by atoms with E-state index in [0.29, 0.717) is 22.4 Å². The highest BCUT2D eigenvalue weighted by atomic mass is 16.5. The van der Waals surface area contributed by atoms with Crippen LogP contribution in [0.1, 0.15) is 5.76 Å². The van der Waals surface area contributed by atoms with Gasteiger partial charge in [0, 0.05) is 16.8 Å². The van der Waals surface area contributed by atoms with Gasteiger partial charge in [0.05, 0.1) is 11.0 Å². The average molecular weight is 333 g/mol. The molecule has 6 nitrogen and oxygen atoms in total. The molecule has 4 aromatic rings. The summed E-state index contributed by atoms with van der Waals surface area (Å²) in [6.07, 6.45) is 0. The predicted octanol–water partition coefficient (Wildman–Crippen LogP) is 3.09. The Balaban J connectivity index is 1.83. The number of hydrogen-bond acceptors (Lipinski definition) is 4. The fourth-order valence-electron chi connectivity index (χ4n) is 3.00. The third kappa shape index (κ3) is 2.67. The predicted molar refractivity (Wildman–Crippen MR) is 95.6 cm³/mol. The summed E-state index contributed by atoms with van der Waals surface area (Å²) < 4.78 is 6.80. The van der Waals surface area contributed by atoms with Gasteiger partial charge in [-0.25, -0.2) is 0 Å². The molecule has 0 saturated carbocycles. The highest BCUT2D eigenvalue weighted by Crippen LogP contribution is 2.19. The van der Waals surface area contributed by atoms with Crippen molar-refractivity contribution < 1.29 is 9.32 Å². The van der Waals surface area contributed by atoms with Crippen LogP contribution in [0.25, 0.3) is 21.8 Å². The Kier molecular flexibility index (Phi) is 3.57. The molecule has 25 heavy (non-hydrogen) atoms. The van der Waals surface area contributed by atoms with Crippen LogP contribution >= 0.6 is 0 Å². The van der Waals surface area contributed by atoms with Crippen LogP contribution in [0.3, 0.4) is 0 Å². The second kappa shape index (κ2) is 5.90. The summed E-state index contributed by atoms with van der Waals surface area (Å²) in [6, 6.07) is 16.2. The SMILES string of the molecule is Cc1cc(NC(=O)Cn2c3ccccc3c(=O)c3ccccc32)no1. The number of hydrogen-bond donors (Lipinski definition) is 1. The van der Waals surface area contributed by atoms with Crippen LogP contribution in [0.15, 0.2) is 63.9 Å².